The zero-order chi connectivity index (χ0) is 17.0. The molecule has 1 aliphatic heterocycles. The van der Waals surface area contributed by atoms with Crippen LogP contribution in [0.15, 0.2) is 11.2 Å². The normalized spacial score (nSPS) is 16.2. The monoisotopic (exact) mass is 479 g/mol. The standard InChI is InChI=1S/C18H33N5S.HI/c1-3-19-18(21-11-9-17-22-15-16(2)24-17)20-10-8-14-23-12-6-4-5-7-13-23;/h15H,3-14H2,1-2H3,(H2,19,20,21);1H. The molecule has 0 atom stereocenters. The van der Waals surface area contributed by atoms with Crippen LogP contribution in [0.5, 0.6) is 0 Å². The minimum atomic E-state index is 0. The Kier molecular flexibility index (Phi) is 12.4. The lowest BCUT2D eigenvalue weighted by Crippen LogP contribution is -2.38. The fraction of sp³-hybridized carbons (Fsp3) is 0.778. The summed E-state index contributed by atoms with van der Waals surface area (Å²) in [5.74, 6) is 0.932. The second kappa shape index (κ2) is 13.7. The lowest BCUT2D eigenvalue weighted by Gasteiger charge is -2.19. The molecule has 1 saturated heterocycles. The van der Waals surface area contributed by atoms with Gasteiger partial charge >= 0.3 is 0 Å². The molecular formula is C18H34IN5S. The maximum absolute atomic E-state index is 4.71. The molecule has 1 aromatic heterocycles. The van der Waals surface area contributed by atoms with Crippen molar-refractivity contribution in [3.63, 3.8) is 0 Å². The van der Waals surface area contributed by atoms with Crippen LogP contribution < -0.4 is 10.6 Å². The first-order valence-corrected chi connectivity index (χ1v) is 10.3. The first-order chi connectivity index (χ1) is 11.8. The molecule has 5 nitrogen and oxygen atoms in total. The van der Waals surface area contributed by atoms with Crippen molar-refractivity contribution in [3.8, 4) is 0 Å². The number of aliphatic imine (C=N–C) groups is 1. The maximum Gasteiger partial charge on any atom is 0.191 e. The number of nitrogens with one attached hydrogen (secondary N) is 2. The first kappa shape index (κ1) is 22.6. The summed E-state index contributed by atoms with van der Waals surface area (Å²) in [4.78, 5) is 13.0. The van der Waals surface area contributed by atoms with Crippen LogP contribution in [0.3, 0.4) is 0 Å². The molecule has 2 N–H and O–H groups in total. The lowest BCUT2D eigenvalue weighted by atomic mass is 10.2. The van der Waals surface area contributed by atoms with Crippen LogP contribution >= 0.6 is 35.3 Å². The van der Waals surface area contributed by atoms with Crippen molar-refractivity contribution in [2.24, 2.45) is 4.99 Å². The van der Waals surface area contributed by atoms with Gasteiger partial charge in [0.15, 0.2) is 5.96 Å². The van der Waals surface area contributed by atoms with Crippen molar-refractivity contribution in [2.45, 2.75) is 52.4 Å². The molecule has 0 unspecified atom stereocenters. The van der Waals surface area contributed by atoms with Crippen molar-refractivity contribution >= 4 is 41.3 Å². The Hall–Kier alpha value is -0.410. The van der Waals surface area contributed by atoms with Gasteiger partial charge in [-0.25, -0.2) is 4.98 Å². The molecule has 2 heterocycles. The molecule has 7 heteroatoms. The van der Waals surface area contributed by atoms with E-state index < -0.39 is 0 Å². The number of aryl methyl sites for hydroxylation is 1. The number of nitrogens with zero attached hydrogens (tertiary/aromatic N) is 3. The van der Waals surface area contributed by atoms with Gasteiger partial charge in [0.1, 0.15) is 0 Å². The molecule has 144 valence electrons. The van der Waals surface area contributed by atoms with Crippen molar-refractivity contribution < 1.29 is 0 Å². The molecular weight excluding hydrogens is 445 g/mol. The third-order valence-corrected chi connectivity index (χ3v) is 5.22. The summed E-state index contributed by atoms with van der Waals surface area (Å²) in [5, 5.41) is 7.94. The van der Waals surface area contributed by atoms with Gasteiger partial charge in [-0.3, -0.25) is 4.99 Å². The first-order valence-electron chi connectivity index (χ1n) is 9.44. The highest BCUT2D eigenvalue weighted by atomic mass is 127. The lowest BCUT2D eigenvalue weighted by molar-refractivity contribution is 0.283. The zero-order valence-corrected chi connectivity index (χ0v) is 18.9. The predicted octanol–water partition coefficient (Wildman–Crippen LogP) is 3.43. The third-order valence-electron chi connectivity index (χ3n) is 4.25. The van der Waals surface area contributed by atoms with E-state index in [0.29, 0.717) is 0 Å². The van der Waals surface area contributed by atoms with Crippen LogP contribution in [0, 0.1) is 6.92 Å². The molecule has 25 heavy (non-hydrogen) atoms. The topological polar surface area (TPSA) is 52.6 Å². The summed E-state index contributed by atoms with van der Waals surface area (Å²) in [5.41, 5.74) is 0. The molecule has 1 fully saturated rings. The van der Waals surface area contributed by atoms with Gasteiger partial charge in [-0.05, 0) is 52.7 Å². The summed E-state index contributed by atoms with van der Waals surface area (Å²) >= 11 is 1.77. The van der Waals surface area contributed by atoms with Crippen molar-refractivity contribution in [1.29, 1.82) is 0 Å². The Morgan fingerprint density at radius 3 is 2.64 bits per heavy atom. The quantitative estimate of drug-likeness (QED) is 0.260. The Morgan fingerprint density at radius 1 is 1.24 bits per heavy atom. The highest BCUT2D eigenvalue weighted by molar-refractivity contribution is 14.0. The van der Waals surface area contributed by atoms with Crippen LogP contribution in [0.2, 0.25) is 0 Å². The summed E-state index contributed by atoms with van der Waals surface area (Å²) < 4.78 is 0. The van der Waals surface area contributed by atoms with E-state index in [4.69, 9.17) is 4.99 Å². The van der Waals surface area contributed by atoms with E-state index in [1.165, 1.54) is 55.2 Å². The van der Waals surface area contributed by atoms with Gasteiger partial charge in [0, 0.05) is 37.1 Å². The third kappa shape index (κ3) is 9.75. The van der Waals surface area contributed by atoms with Gasteiger partial charge in [0.2, 0.25) is 0 Å². The van der Waals surface area contributed by atoms with E-state index in [-0.39, 0.29) is 24.0 Å². The molecule has 0 saturated carbocycles. The van der Waals surface area contributed by atoms with Gasteiger partial charge in [0.05, 0.1) is 5.01 Å². The highest BCUT2D eigenvalue weighted by Crippen LogP contribution is 2.11. The number of hydrogen-bond donors (Lipinski definition) is 2. The van der Waals surface area contributed by atoms with Crippen molar-refractivity contribution in [3.05, 3.63) is 16.1 Å². The van der Waals surface area contributed by atoms with Crippen LogP contribution in [0.25, 0.3) is 0 Å². The predicted molar refractivity (Wildman–Crippen MR) is 119 cm³/mol. The number of halogens is 1. The van der Waals surface area contributed by atoms with E-state index in [0.717, 1.165) is 38.4 Å². The molecule has 0 radical (unpaired) electrons. The second-order valence-corrected chi connectivity index (χ2v) is 7.73. The van der Waals surface area contributed by atoms with E-state index in [1.54, 1.807) is 11.3 Å². The Balaban J connectivity index is 0.00000312. The Labute approximate surface area is 174 Å². The van der Waals surface area contributed by atoms with Crippen molar-refractivity contribution in [1.82, 2.24) is 20.5 Å². The molecule has 2 rings (SSSR count). The van der Waals surface area contributed by atoms with Gasteiger partial charge in [-0.2, -0.15) is 0 Å². The minimum absolute atomic E-state index is 0. The highest BCUT2D eigenvalue weighted by Gasteiger charge is 2.08. The number of rotatable bonds is 8. The Morgan fingerprint density at radius 2 is 2.00 bits per heavy atom. The molecule has 0 spiro atoms. The summed E-state index contributed by atoms with van der Waals surface area (Å²) in [7, 11) is 0. The van der Waals surface area contributed by atoms with E-state index >= 15 is 0 Å². The Bertz CT molecular complexity index is 484. The van der Waals surface area contributed by atoms with Gasteiger partial charge in [0.25, 0.3) is 0 Å². The van der Waals surface area contributed by atoms with Gasteiger partial charge < -0.3 is 15.5 Å². The SMILES string of the molecule is CCNC(=NCCCN1CCCCCC1)NCCc1ncc(C)s1.I. The molecule has 1 aromatic rings. The fourth-order valence-electron chi connectivity index (χ4n) is 2.99. The summed E-state index contributed by atoms with van der Waals surface area (Å²) in [6.45, 7) is 10.6. The maximum atomic E-state index is 4.71. The van der Waals surface area contributed by atoms with Crippen LogP contribution in [-0.4, -0.2) is 55.1 Å². The zero-order valence-electron chi connectivity index (χ0n) is 15.7. The molecule has 1 aliphatic rings. The summed E-state index contributed by atoms with van der Waals surface area (Å²) in [6.07, 6.45) is 9.58. The largest absolute Gasteiger partial charge is 0.357 e. The molecule has 0 amide bonds. The number of aromatic nitrogens is 1. The molecule has 0 aromatic carbocycles. The smallest absolute Gasteiger partial charge is 0.191 e. The van der Waals surface area contributed by atoms with E-state index in [2.05, 4.69) is 34.4 Å². The second-order valence-electron chi connectivity index (χ2n) is 6.41. The number of hydrogen-bond acceptors (Lipinski definition) is 4. The van der Waals surface area contributed by atoms with Crippen LogP contribution in [0.1, 0.15) is 48.9 Å². The van der Waals surface area contributed by atoms with Gasteiger partial charge in [-0.15, -0.1) is 35.3 Å². The summed E-state index contributed by atoms with van der Waals surface area (Å²) in [6, 6.07) is 0. The number of thiazole rings is 1. The fourth-order valence-corrected chi connectivity index (χ4v) is 3.78. The average molecular weight is 479 g/mol. The van der Waals surface area contributed by atoms with Crippen LogP contribution in [-0.2, 0) is 6.42 Å². The minimum Gasteiger partial charge on any atom is -0.357 e. The molecule has 0 bridgehead atoms. The van der Waals surface area contributed by atoms with E-state index in [9.17, 15) is 0 Å². The number of likely N-dealkylation sites (tertiary alicyclic amines) is 1. The van der Waals surface area contributed by atoms with Gasteiger partial charge in [-0.1, -0.05) is 12.8 Å². The number of guanidine groups is 1. The van der Waals surface area contributed by atoms with Crippen LogP contribution in [0.4, 0.5) is 0 Å². The molecule has 0 aliphatic carbocycles. The average Bonchev–Trinajstić information content (AvgIpc) is 2.83. The van der Waals surface area contributed by atoms with E-state index in [1.807, 2.05) is 6.20 Å². The van der Waals surface area contributed by atoms with Crippen molar-refractivity contribution in [2.75, 3.05) is 39.3 Å².